The van der Waals surface area contributed by atoms with Gasteiger partial charge >= 0.3 is 0 Å². The molecule has 1 amide bonds. The summed E-state index contributed by atoms with van der Waals surface area (Å²) in [6, 6.07) is 23.7. The summed E-state index contributed by atoms with van der Waals surface area (Å²) in [7, 11) is 0. The Balaban J connectivity index is 1.48. The molecule has 1 aliphatic heterocycles. The van der Waals surface area contributed by atoms with Crippen molar-refractivity contribution in [3.8, 4) is 5.75 Å². The van der Waals surface area contributed by atoms with E-state index in [0.29, 0.717) is 26.1 Å². The van der Waals surface area contributed by atoms with Gasteiger partial charge in [0.05, 0.1) is 24.2 Å². The highest BCUT2D eigenvalue weighted by atomic mass is 35.5. The molecular weight excluding hydrogens is 422 g/mol. The molecule has 0 N–H and O–H groups in total. The standard InChI is InChI=1S/C26H24ClN3O2/c1-2-32-21-13-11-20(12-14-21)29-17-19(15-25(29)31)26-28-23-9-5-6-10-24(23)30(26)16-18-7-3-4-8-22(18)27/h3-14,19H,2,15-17H2,1H3/t19-/m1/s1. The number of halogens is 1. The fraction of sp³-hybridized carbons (Fsp3) is 0.231. The number of carbonyl (C=O) groups excluding carboxylic acids is 1. The average molecular weight is 446 g/mol. The minimum absolute atomic E-state index is 0.00366. The van der Waals surface area contributed by atoms with Crippen molar-refractivity contribution in [3.05, 3.63) is 89.2 Å². The van der Waals surface area contributed by atoms with Crippen molar-refractivity contribution in [2.75, 3.05) is 18.1 Å². The van der Waals surface area contributed by atoms with E-state index in [0.717, 1.165) is 38.9 Å². The second kappa shape index (κ2) is 8.67. The third kappa shape index (κ3) is 3.84. The predicted octanol–water partition coefficient (Wildman–Crippen LogP) is 5.66. The zero-order chi connectivity index (χ0) is 22.1. The molecule has 5 nitrogen and oxygen atoms in total. The van der Waals surface area contributed by atoms with Gasteiger partial charge in [0.25, 0.3) is 0 Å². The van der Waals surface area contributed by atoms with Gasteiger partial charge in [0.1, 0.15) is 11.6 Å². The van der Waals surface area contributed by atoms with E-state index in [1.807, 2.05) is 78.6 Å². The van der Waals surface area contributed by atoms with E-state index >= 15 is 0 Å². The maximum atomic E-state index is 12.9. The number of benzene rings is 3. The molecule has 1 atom stereocenters. The van der Waals surface area contributed by atoms with Gasteiger partial charge in [-0.2, -0.15) is 0 Å². The Morgan fingerprint density at radius 2 is 1.78 bits per heavy atom. The molecule has 1 aromatic heterocycles. The van der Waals surface area contributed by atoms with Gasteiger partial charge in [-0.1, -0.05) is 41.9 Å². The summed E-state index contributed by atoms with van der Waals surface area (Å²) in [5, 5.41) is 0.731. The van der Waals surface area contributed by atoms with Crippen LogP contribution in [0.5, 0.6) is 5.75 Å². The topological polar surface area (TPSA) is 47.4 Å². The Hall–Kier alpha value is -3.31. The number of para-hydroxylation sites is 2. The van der Waals surface area contributed by atoms with Gasteiger partial charge < -0.3 is 14.2 Å². The number of anilines is 1. The van der Waals surface area contributed by atoms with E-state index in [1.54, 1.807) is 0 Å². The number of imidazole rings is 1. The Labute approximate surface area is 192 Å². The molecule has 162 valence electrons. The number of rotatable bonds is 6. The van der Waals surface area contributed by atoms with Crippen molar-refractivity contribution in [2.45, 2.75) is 25.8 Å². The van der Waals surface area contributed by atoms with Gasteiger partial charge in [0.15, 0.2) is 0 Å². The van der Waals surface area contributed by atoms with Crippen LogP contribution in [0.3, 0.4) is 0 Å². The maximum Gasteiger partial charge on any atom is 0.227 e. The molecule has 0 aliphatic carbocycles. The van der Waals surface area contributed by atoms with Gasteiger partial charge in [-0.15, -0.1) is 0 Å². The van der Waals surface area contributed by atoms with E-state index in [4.69, 9.17) is 21.3 Å². The zero-order valence-electron chi connectivity index (χ0n) is 17.9. The molecular formula is C26H24ClN3O2. The first-order chi connectivity index (χ1) is 15.6. The Morgan fingerprint density at radius 3 is 2.56 bits per heavy atom. The van der Waals surface area contributed by atoms with Gasteiger partial charge in [-0.3, -0.25) is 4.79 Å². The van der Waals surface area contributed by atoms with Crippen molar-refractivity contribution >= 4 is 34.2 Å². The molecule has 0 spiro atoms. The summed E-state index contributed by atoms with van der Waals surface area (Å²) in [6.45, 7) is 3.78. The summed E-state index contributed by atoms with van der Waals surface area (Å²) < 4.78 is 7.73. The van der Waals surface area contributed by atoms with Crippen molar-refractivity contribution in [1.82, 2.24) is 9.55 Å². The van der Waals surface area contributed by atoms with Crippen LogP contribution in [0.15, 0.2) is 72.8 Å². The molecule has 6 heteroatoms. The first kappa shape index (κ1) is 20.6. The van der Waals surface area contributed by atoms with E-state index in [2.05, 4.69) is 10.6 Å². The first-order valence-corrected chi connectivity index (χ1v) is 11.2. The molecule has 1 fully saturated rings. The van der Waals surface area contributed by atoms with Crippen molar-refractivity contribution in [2.24, 2.45) is 0 Å². The minimum Gasteiger partial charge on any atom is -0.494 e. The molecule has 1 saturated heterocycles. The molecule has 32 heavy (non-hydrogen) atoms. The Morgan fingerprint density at radius 1 is 1.03 bits per heavy atom. The fourth-order valence-electron chi connectivity index (χ4n) is 4.39. The van der Waals surface area contributed by atoms with Crippen LogP contribution in [-0.4, -0.2) is 28.6 Å². The lowest BCUT2D eigenvalue weighted by Crippen LogP contribution is -2.24. The number of ether oxygens (including phenoxy) is 1. The molecule has 0 radical (unpaired) electrons. The highest BCUT2D eigenvalue weighted by Crippen LogP contribution is 2.34. The second-order valence-corrected chi connectivity index (χ2v) is 8.38. The quantitative estimate of drug-likeness (QED) is 0.385. The van der Waals surface area contributed by atoms with Gasteiger partial charge in [0, 0.05) is 29.6 Å². The number of hydrogen-bond acceptors (Lipinski definition) is 3. The van der Waals surface area contributed by atoms with Gasteiger partial charge in [-0.05, 0) is 55.0 Å². The number of aromatic nitrogens is 2. The van der Waals surface area contributed by atoms with Crippen LogP contribution in [0.2, 0.25) is 5.02 Å². The van der Waals surface area contributed by atoms with Crippen LogP contribution in [0.1, 0.15) is 30.7 Å². The lowest BCUT2D eigenvalue weighted by molar-refractivity contribution is -0.117. The third-order valence-corrected chi connectivity index (χ3v) is 6.29. The van der Waals surface area contributed by atoms with Gasteiger partial charge in [-0.25, -0.2) is 4.98 Å². The molecule has 5 rings (SSSR count). The predicted molar refractivity (Wildman–Crippen MR) is 128 cm³/mol. The molecule has 1 aliphatic rings. The van der Waals surface area contributed by atoms with E-state index in [9.17, 15) is 4.79 Å². The molecule has 3 aromatic carbocycles. The Bertz CT molecular complexity index is 1270. The molecule has 4 aromatic rings. The summed E-state index contributed by atoms with van der Waals surface area (Å²) >= 11 is 6.46. The minimum atomic E-state index is 0.00366. The number of fused-ring (bicyclic) bond motifs is 1. The van der Waals surface area contributed by atoms with Crippen molar-refractivity contribution in [3.63, 3.8) is 0 Å². The highest BCUT2D eigenvalue weighted by molar-refractivity contribution is 6.31. The number of hydrogen-bond donors (Lipinski definition) is 0. The van der Waals surface area contributed by atoms with Crippen LogP contribution in [0, 0.1) is 0 Å². The number of amides is 1. The van der Waals surface area contributed by atoms with Crippen LogP contribution in [0.25, 0.3) is 11.0 Å². The fourth-order valence-corrected chi connectivity index (χ4v) is 4.58. The van der Waals surface area contributed by atoms with Crippen LogP contribution < -0.4 is 9.64 Å². The number of carbonyl (C=O) groups is 1. The normalized spacial score (nSPS) is 16.1. The largest absolute Gasteiger partial charge is 0.494 e. The molecule has 2 heterocycles. The van der Waals surface area contributed by atoms with E-state index < -0.39 is 0 Å². The first-order valence-electron chi connectivity index (χ1n) is 10.9. The number of nitrogens with zero attached hydrogens (tertiary/aromatic N) is 3. The smallest absolute Gasteiger partial charge is 0.227 e. The lowest BCUT2D eigenvalue weighted by Gasteiger charge is -2.18. The Kier molecular flexibility index (Phi) is 5.58. The zero-order valence-corrected chi connectivity index (χ0v) is 18.6. The summed E-state index contributed by atoms with van der Waals surface area (Å²) in [5.41, 5.74) is 3.90. The lowest BCUT2D eigenvalue weighted by atomic mass is 10.1. The summed E-state index contributed by atoms with van der Waals surface area (Å²) in [6.07, 6.45) is 0.430. The van der Waals surface area contributed by atoms with Crippen molar-refractivity contribution < 1.29 is 9.53 Å². The SMILES string of the molecule is CCOc1ccc(N2C[C@H](c3nc4ccccc4n3Cc3ccccc3Cl)CC2=O)cc1. The summed E-state index contributed by atoms with van der Waals surface area (Å²) in [5.74, 6) is 1.84. The van der Waals surface area contributed by atoms with Crippen molar-refractivity contribution in [1.29, 1.82) is 0 Å². The van der Waals surface area contributed by atoms with E-state index in [1.165, 1.54) is 0 Å². The second-order valence-electron chi connectivity index (χ2n) is 7.97. The molecule has 0 bridgehead atoms. The highest BCUT2D eigenvalue weighted by Gasteiger charge is 2.35. The molecule has 0 saturated carbocycles. The maximum absolute atomic E-state index is 12.9. The van der Waals surface area contributed by atoms with Crippen LogP contribution in [0.4, 0.5) is 5.69 Å². The van der Waals surface area contributed by atoms with E-state index in [-0.39, 0.29) is 11.8 Å². The van der Waals surface area contributed by atoms with Crippen LogP contribution in [-0.2, 0) is 11.3 Å². The average Bonchev–Trinajstić information content (AvgIpc) is 3.37. The molecule has 0 unspecified atom stereocenters. The monoisotopic (exact) mass is 445 g/mol. The van der Waals surface area contributed by atoms with Crippen LogP contribution >= 0.6 is 11.6 Å². The third-order valence-electron chi connectivity index (χ3n) is 5.92. The van der Waals surface area contributed by atoms with Gasteiger partial charge in [0.2, 0.25) is 5.91 Å². The summed E-state index contributed by atoms with van der Waals surface area (Å²) in [4.78, 5) is 19.7.